The molecule has 1 amide bonds. The van der Waals surface area contributed by atoms with Gasteiger partial charge in [0.1, 0.15) is 5.25 Å². The molecule has 0 saturated heterocycles. The third-order valence-corrected chi connectivity index (χ3v) is 6.57. The van der Waals surface area contributed by atoms with E-state index in [9.17, 15) is 13.2 Å². The van der Waals surface area contributed by atoms with Gasteiger partial charge in [-0.15, -0.1) is 11.3 Å². The smallest absolute Gasteiger partial charge is 0.407 e. The SMILES string of the molecule is CCOC(=O)NCC(c1cccs1)S(=O)(=O)c1ccc(Cl)cc1. The number of sulfone groups is 1. The summed E-state index contributed by atoms with van der Waals surface area (Å²) in [4.78, 5) is 12.3. The van der Waals surface area contributed by atoms with Crippen molar-refractivity contribution in [1.29, 1.82) is 0 Å². The predicted molar refractivity (Wildman–Crippen MR) is 90.7 cm³/mol. The molecule has 1 aromatic heterocycles. The molecule has 2 aromatic rings. The van der Waals surface area contributed by atoms with Crippen LogP contribution < -0.4 is 5.32 Å². The third-order valence-electron chi connectivity index (χ3n) is 3.08. The lowest BCUT2D eigenvalue weighted by atomic mass is 10.3. The Morgan fingerprint density at radius 1 is 1.30 bits per heavy atom. The van der Waals surface area contributed by atoms with Crippen LogP contribution in [0.15, 0.2) is 46.7 Å². The van der Waals surface area contributed by atoms with Crippen LogP contribution in [0.5, 0.6) is 0 Å². The van der Waals surface area contributed by atoms with Crippen molar-refractivity contribution in [3.05, 3.63) is 51.7 Å². The van der Waals surface area contributed by atoms with E-state index < -0.39 is 21.2 Å². The molecular formula is C15H16ClNO4S2. The van der Waals surface area contributed by atoms with Crippen molar-refractivity contribution < 1.29 is 17.9 Å². The fraction of sp³-hybridized carbons (Fsp3) is 0.267. The lowest BCUT2D eigenvalue weighted by Gasteiger charge is -2.17. The molecular weight excluding hydrogens is 358 g/mol. The first-order valence-corrected chi connectivity index (χ1v) is 9.69. The minimum Gasteiger partial charge on any atom is -0.450 e. The minimum absolute atomic E-state index is 0.0652. The van der Waals surface area contributed by atoms with Crippen LogP contribution in [0.3, 0.4) is 0 Å². The third kappa shape index (κ3) is 4.46. The molecule has 1 aromatic carbocycles. The number of alkyl carbamates (subject to hydrolysis) is 1. The van der Waals surface area contributed by atoms with Crippen LogP contribution in [0, 0.1) is 0 Å². The molecule has 0 radical (unpaired) electrons. The lowest BCUT2D eigenvalue weighted by Crippen LogP contribution is -2.32. The molecule has 0 saturated carbocycles. The van der Waals surface area contributed by atoms with E-state index >= 15 is 0 Å². The largest absolute Gasteiger partial charge is 0.450 e. The summed E-state index contributed by atoms with van der Waals surface area (Å²) in [6.07, 6.45) is -0.639. The van der Waals surface area contributed by atoms with Crippen LogP contribution >= 0.6 is 22.9 Å². The molecule has 0 aliphatic heterocycles. The number of ether oxygens (including phenoxy) is 1. The Morgan fingerprint density at radius 2 is 2.00 bits per heavy atom. The second kappa shape index (κ2) is 7.81. The number of halogens is 1. The number of rotatable bonds is 6. The van der Waals surface area contributed by atoms with Crippen LogP contribution in [0.1, 0.15) is 17.1 Å². The van der Waals surface area contributed by atoms with Gasteiger partial charge in [0.2, 0.25) is 0 Å². The Labute approximate surface area is 144 Å². The molecule has 1 N–H and O–H groups in total. The molecule has 0 spiro atoms. The standard InChI is InChI=1S/C15H16ClNO4S2/c1-2-21-15(18)17-10-14(13-4-3-9-22-13)23(19,20)12-7-5-11(16)6-8-12/h3-9,14H,2,10H2,1H3,(H,17,18). The van der Waals surface area contributed by atoms with E-state index in [-0.39, 0.29) is 18.0 Å². The average Bonchev–Trinajstić information content (AvgIpc) is 3.02. The number of carbonyl (C=O) groups is 1. The number of nitrogens with one attached hydrogen (secondary N) is 1. The maximum absolute atomic E-state index is 12.9. The molecule has 23 heavy (non-hydrogen) atoms. The Morgan fingerprint density at radius 3 is 2.57 bits per heavy atom. The summed E-state index contributed by atoms with van der Waals surface area (Å²) in [5, 5.41) is 3.87. The number of amides is 1. The summed E-state index contributed by atoms with van der Waals surface area (Å²) in [7, 11) is -3.67. The maximum atomic E-state index is 12.9. The van der Waals surface area contributed by atoms with Gasteiger partial charge in [-0.3, -0.25) is 0 Å². The molecule has 8 heteroatoms. The molecule has 1 unspecified atom stereocenters. The van der Waals surface area contributed by atoms with E-state index in [0.29, 0.717) is 9.90 Å². The number of hydrogen-bond acceptors (Lipinski definition) is 5. The molecule has 0 aliphatic carbocycles. The van der Waals surface area contributed by atoms with Crippen LogP contribution in [-0.2, 0) is 14.6 Å². The first kappa shape index (κ1) is 17.8. The number of carbonyl (C=O) groups excluding carboxylic acids is 1. The fourth-order valence-corrected chi connectivity index (χ4v) is 4.89. The molecule has 2 rings (SSSR count). The lowest BCUT2D eigenvalue weighted by molar-refractivity contribution is 0.152. The summed E-state index contributed by atoms with van der Waals surface area (Å²) in [5.74, 6) is 0. The first-order chi connectivity index (χ1) is 10.9. The van der Waals surface area contributed by atoms with E-state index in [4.69, 9.17) is 16.3 Å². The van der Waals surface area contributed by atoms with Crippen molar-refractivity contribution in [2.24, 2.45) is 0 Å². The average molecular weight is 374 g/mol. The number of benzene rings is 1. The molecule has 1 atom stereocenters. The van der Waals surface area contributed by atoms with Crippen LogP contribution in [-0.4, -0.2) is 27.7 Å². The van der Waals surface area contributed by atoms with Crippen molar-refractivity contribution in [1.82, 2.24) is 5.32 Å². The zero-order valence-corrected chi connectivity index (χ0v) is 14.7. The molecule has 5 nitrogen and oxygen atoms in total. The van der Waals surface area contributed by atoms with Gasteiger partial charge in [0, 0.05) is 16.4 Å². The van der Waals surface area contributed by atoms with Gasteiger partial charge in [-0.2, -0.15) is 0 Å². The van der Waals surface area contributed by atoms with Gasteiger partial charge < -0.3 is 10.1 Å². The quantitative estimate of drug-likeness (QED) is 0.838. The van der Waals surface area contributed by atoms with Gasteiger partial charge in [-0.05, 0) is 42.6 Å². The van der Waals surface area contributed by atoms with Crippen molar-refractivity contribution in [3.63, 3.8) is 0 Å². The van der Waals surface area contributed by atoms with E-state index in [1.54, 1.807) is 24.4 Å². The fourth-order valence-electron chi connectivity index (χ4n) is 1.98. The molecule has 124 valence electrons. The number of hydrogen-bond donors (Lipinski definition) is 1. The highest BCUT2D eigenvalue weighted by molar-refractivity contribution is 7.91. The van der Waals surface area contributed by atoms with Gasteiger partial charge >= 0.3 is 6.09 Å². The Bertz CT molecular complexity index is 742. The molecule has 0 fully saturated rings. The highest BCUT2D eigenvalue weighted by atomic mass is 35.5. The maximum Gasteiger partial charge on any atom is 0.407 e. The van der Waals surface area contributed by atoms with E-state index in [1.165, 1.54) is 35.6 Å². The van der Waals surface area contributed by atoms with E-state index in [2.05, 4.69) is 5.32 Å². The zero-order valence-electron chi connectivity index (χ0n) is 12.4. The highest BCUT2D eigenvalue weighted by Crippen LogP contribution is 2.31. The summed E-state index contributed by atoms with van der Waals surface area (Å²) in [6, 6.07) is 9.48. The van der Waals surface area contributed by atoms with E-state index in [1.807, 2.05) is 0 Å². The molecule has 0 bridgehead atoms. The minimum atomic E-state index is -3.67. The van der Waals surface area contributed by atoms with Gasteiger partial charge in [-0.25, -0.2) is 13.2 Å². The van der Waals surface area contributed by atoms with E-state index in [0.717, 1.165) is 0 Å². The van der Waals surface area contributed by atoms with Crippen molar-refractivity contribution in [2.75, 3.05) is 13.2 Å². The van der Waals surface area contributed by atoms with Crippen molar-refractivity contribution >= 4 is 38.9 Å². The summed E-state index contributed by atoms with van der Waals surface area (Å²) in [6.45, 7) is 1.84. The Kier molecular flexibility index (Phi) is 6.04. The highest BCUT2D eigenvalue weighted by Gasteiger charge is 2.30. The second-order valence-corrected chi connectivity index (χ2v) is 8.15. The summed E-state index contributed by atoms with van der Waals surface area (Å²) in [5.41, 5.74) is 0. The number of thiophene rings is 1. The van der Waals surface area contributed by atoms with Crippen LogP contribution in [0.25, 0.3) is 0 Å². The molecule has 0 aliphatic rings. The van der Waals surface area contributed by atoms with Crippen molar-refractivity contribution in [3.8, 4) is 0 Å². The van der Waals surface area contributed by atoms with Gasteiger partial charge in [0.05, 0.1) is 11.5 Å². The van der Waals surface area contributed by atoms with Crippen LogP contribution in [0.4, 0.5) is 4.79 Å². The van der Waals surface area contributed by atoms with Gasteiger partial charge in [0.15, 0.2) is 9.84 Å². The summed E-state index contributed by atoms with van der Waals surface area (Å²) >= 11 is 7.14. The van der Waals surface area contributed by atoms with Gasteiger partial charge in [0.25, 0.3) is 0 Å². The normalized spacial score (nSPS) is 12.6. The van der Waals surface area contributed by atoms with Crippen molar-refractivity contribution in [2.45, 2.75) is 17.1 Å². The first-order valence-electron chi connectivity index (χ1n) is 6.88. The Balaban J connectivity index is 2.29. The Hall–Kier alpha value is -1.57. The van der Waals surface area contributed by atoms with Gasteiger partial charge in [-0.1, -0.05) is 17.7 Å². The van der Waals surface area contributed by atoms with Crippen LogP contribution in [0.2, 0.25) is 5.02 Å². The summed E-state index contributed by atoms with van der Waals surface area (Å²) < 4.78 is 30.6. The zero-order chi connectivity index (χ0) is 16.9. The monoisotopic (exact) mass is 373 g/mol. The predicted octanol–water partition coefficient (Wildman–Crippen LogP) is 3.66. The topological polar surface area (TPSA) is 72.5 Å². The molecule has 1 heterocycles. The second-order valence-electron chi connectivity index (χ2n) is 4.60.